The topological polar surface area (TPSA) is 27.6 Å². The van der Waals surface area contributed by atoms with Gasteiger partial charge in [0.1, 0.15) is 0 Å². The first-order valence-corrected chi connectivity index (χ1v) is 0.707. The number of hydrogen-bond acceptors (Lipinski definition) is 0. The minimum Gasteiger partial charge on any atom is -1.00 e. The van der Waals surface area contributed by atoms with Crippen molar-refractivity contribution in [1.29, 1.82) is 0 Å². The summed E-state index contributed by atoms with van der Waals surface area (Å²) in [5.74, 6) is 0. The molecule has 0 radical (unpaired) electrons. The molecule has 0 unspecified atom stereocenters. The first-order valence-electron chi connectivity index (χ1n) is 0.707. The van der Waals surface area contributed by atoms with Gasteiger partial charge in [-0.3, -0.25) is 0 Å². The van der Waals surface area contributed by atoms with E-state index >= 15 is 0 Å². The summed E-state index contributed by atoms with van der Waals surface area (Å²) >= 11 is 0. The van der Waals surface area contributed by atoms with Gasteiger partial charge in [-0.1, -0.05) is 0 Å². The van der Waals surface area contributed by atoms with Gasteiger partial charge >= 0.3 is 23.9 Å². The molecule has 0 aromatic carbocycles. The van der Waals surface area contributed by atoms with E-state index in [0.29, 0.717) is 0 Å². The van der Waals surface area contributed by atoms with Gasteiger partial charge in [0, 0.05) is 0 Å². The maximum atomic E-state index is 3.25. The SMILES string of the molecule is C[NH3+].[Br-].[Br-].[Br-].[Br-].[Br-].[Sn+4]. The third-order valence-corrected chi connectivity index (χ3v) is 0. The first-order chi connectivity index (χ1) is 1.00. The molecule has 0 heterocycles. The molecule has 0 spiro atoms. The van der Waals surface area contributed by atoms with Crippen LogP contribution in [-0.4, -0.2) is 31.0 Å². The summed E-state index contributed by atoms with van der Waals surface area (Å²) in [6.45, 7) is 0. The molecule has 0 rings (SSSR count). The van der Waals surface area contributed by atoms with E-state index in [0.717, 1.165) is 0 Å². The molecule has 3 N–H and O–H groups in total. The van der Waals surface area contributed by atoms with Crippen molar-refractivity contribution in [2.45, 2.75) is 0 Å². The van der Waals surface area contributed by atoms with Gasteiger partial charge in [0.25, 0.3) is 0 Å². The summed E-state index contributed by atoms with van der Waals surface area (Å²) in [5, 5.41) is 0. The van der Waals surface area contributed by atoms with Crippen molar-refractivity contribution in [2.24, 2.45) is 0 Å². The number of halogens is 5. The van der Waals surface area contributed by atoms with E-state index in [2.05, 4.69) is 5.73 Å². The van der Waals surface area contributed by atoms with Crippen LogP contribution in [0.15, 0.2) is 0 Å². The Morgan fingerprint density at radius 1 is 0.625 bits per heavy atom. The average Bonchev–Trinajstić information content (AvgIpc) is 1.00. The zero-order valence-electron chi connectivity index (χ0n) is 4.10. The van der Waals surface area contributed by atoms with Crippen LogP contribution in [0.1, 0.15) is 0 Å². The monoisotopic (exact) mass is 547 g/mol. The van der Waals surface area contributed by atoms with E-state index in [1.165, 1.54) is 0 Å². The summed E-state index contributed by atoms with van der Waals surface area (Å²) in [6.07, 6.45) is 0. The Balaban J connectivity index is -0.000000000333. The van der Waals surface area contributed by atoms with Crippen LogP contribution in [0.2, 0.25) is 0 Å². The third kappa shape index (κ3) is 61.1. The molecule has 0 fully saturated rings. The normalized spacial score (nSPS) is 0.750. The van der Waals surface area contributed by atoms with Crippen LogP contribution >= 0.6 is 0 Å². The zero-order chi connectivity index (χ0) is 2.00. The van der Waals surface area contributed by atoms with E-state index in [-0.39, 0.29) is 109 Å². The molecule has 0 atom stereocenters. The van der Waals surface area contributed by atoms with Gasteiger partial charge in [-0.2, -0.15) is 0 Å². The Hall–Kier alpha value is 3.16. The van der Waals surface area contributed by atoms with Crippen molar-refractivity contribution in [1.82, 2.24) is 0 Å². The Bertz CT molecular complexity index is 12.4. The van der Waals surface area contributed by atoms with Crippen molar-refractivity contribution in [2.75, 3.05) is 7.05 Å². The van der Waals surface area contributed by atoms with Crippen LogP contribution < -0.4 is 90.6 Å². The molecule has 0 aromatic rings. The van der Waals surface area contributed by atoms with E-state index in [9.17, 15) is 0 Å². The predicted octanol–water partition coefficient (Wildman–Crippen LogP) is -16.5. The number of rotatable bonds is 0. The second kappa shape index (κ2) is 85.4. The second-order valence-electron chi connectivity index (χ2n) is 0. The fraction of sp³-hybridized carbons (Fsp3) is 1.00. The van der Waals surface area contributed by atoms with Crippen molar-refractivity contribution in [3.63, 3.8) is 0 Å². The fourth-order valence-corrected chi connectivity index (χ4v) is 0. The molecule has 0 bridgehead atoms. The van der Waals surface area contributed by atoms with Gasteiger partial charge in [-0.15, -0.1) is 0 Å². The second-order valence-corrected chi connectivity index (χ2v) is 0. The van der Waals surface area contributed by atoms with Gasteiger partial charge in [0.05, 0.1) is 7.05 Å². The van der Waals surface area contributed by atoms with E-state index in [1.807, 2.05) is 0 Å². The Kier molecular flexibility index (Phi) is 711. The minimum atomic E-state index is 0. The van der Waals surface area contributed by atoms with E-state index in [4.69, 9.17) is 0 Å². The maximum absolute atomic E-state index is 3.25. The van der Waals surface area contributed by atoms with Gasteiger partial charge < -0.3 is 90.6 Å². The van der Waals surface area contributed by atoms with Gasteiger partial charge in [-0.05, 0) is 0 Å². The number of quaternary nitrogens is 1. The van der Waals surface area contributed by atoms with Crippen LogP contribution in [0.4, 0.5) is 0 Å². The summed E-state index contributed by atoms with van der Waals surface area (Å²) in [7, 11) is 1.75. The fourth-order valence-electron chi connectivity index (χ4n) is 0. The summed E-state index contributed by atoms with van der Waals surface area (Å²) < 4.78 is 0. The third-order valence-electron chi connectivity index (χ3n) is 0. The van der Waals surface area contributed by atoms with Crippen molar-refractivity contribution < 1.29 is 90.6 Å². The smallest absolute Gasteiger partial charge is 1.00 e. The quantitative estimate of drug-likeness (QED) is 0.291. The molecule has 54 valence electrons. The molecule has 0 aliphatic carbocycles. The first kappa shape index (κ1) is 66.6. The van der Waals surface area contributed by atoms with Gasteiger partial charge in [0.2, 0.25) is 0 Å². The minimum absolute atomic E-state index is 0. The molecule has 0 aromatic heterocycles. The summed E-state index contributed by atoms with van der Waals surface area (Å²) in [5.41, 5.74) is 3.25. The molecule has 7 heteroatoms. The summed E-state index contributed by atoms with van der Waals surface area (Å²) in [4.78, 5) is 0. The molecular weight excluding hydrogens is 544 g/mol. The standard InChI is InChI=1S/CH5N.5BrH.Sn/c1-2;;;;;;/h2H2,1H3;5*1H;/q;;;;;;+4/p-4. The Morgan fingerprint density at radius 2 is 0.625 bits per heavy atom. The van der Waals surface area contributed by atoms with Crippen LogP contribution in [0.5, 0.6) is 0 Å². The average molecular weight is 550 g/mol. The van der Waals surface area contributed by atoms with Crippen LogP contribution in [0.25, 0.3) is 0 Å². The van der Waals surface area contributed by atoms with Crippen LogP contribution in [-0.2, 0) is 0 Å². The van der Waals surface area contributed by atoms with Gasteiger partial charge in [-0.25, -0.2) is 0 Å². The molecule has 0 saturated carbocycles. The Morgan fingerprint density at radius 3 is 0.625 bits per heavy atom. The number of hydrogen-bond donors (Lipinski definition) is 1. The molecule has 0 amide bonds. The van der Waals surface area contributed by atoms with E-state index < -0.39 is 0 Å². The van der Waals surface area contributed by atoms with Crippen LogP contribution in [0, 0.1) is 0 Å². The molecule has 0 aliphatic rings. The van der Waals surface area contributed by atoms with E-state index in [1.54, 1.807) is 7.05 Å². The predicted molar refractivity (Wildman–Crippen MR) is 14.6 cm³/mol. The van der Waals surface area contributed by atoms with Crippen LogP contribution in [0.3, 0.4) is 0 Å². The molecule has 1 nitrogen and oxygen atoms in total. The molecule has 0 aliphatic heterocycles. The summed E-state index contributed by atoms with van der Waals surface area (Å²) in [6, 6.07) is 0. The molecule has 0 saturated heterocycles. The largest absolute Gasteiger partial charge is 4.00 e. The Labute approximate surface area is 120 Å². The van der Waals surface area contributed by atoms with Crippen molar-refractivity contribution >= 4 is 23.9 Å². The molecular formula is CH6Br5NSn. The zero-order valence-corrected chi connectivity index (χ0v) is 14.9. The van der Waals surface area contributed by atoms with Gasteiger partial charge in [0.15, 0.2) is 0 Å². The van der Waals surface area contributed by atoms with Crippen molar-refractivity contribution in [3.8, 4) is 0 Å². The van der Waals surface area contributed by atoms with Crippen molar-refractivity contribution in [3.05, 3.63) is 0 Å². The maximum Gasteiger partial charge on any atom is 4.00 e. The molecule has 8 heavy (non-hydrogen) atoms.